The van der Waals surface area contributed by atoms with Crippen molar-refractivity contribution in [3.05, 3.63) is 29.8 Å². The van der Waals surface area contributed by atoms with Gasteiger partial charge in [-0.1, -0.05) is 24.6 Å². The summed E-state index contributed by atoms with van der Waals surface area (Å²) in [6.45, 7) is 4.75. The van der Waals surface area contributed by atoms with Crippen molar-refractivity contribution in [2.45, 2.75) is 20.3 Å². The molecule has 0 aliphatic carbocycles. The molecule has 1 aromatic carbocycles. The zero-order valence-corrected chi connectivity index (χ0v) is 11.1. The summed E-state index contributed by atoms with van der Waals surface area (Å²) >= 11 is 0. The molecule has 0 aliphatic heterocycles. The van der Waals surface area contributed by atoms with E-state index in [1.807, 2.05) is 14.0 Å². The van der Waals surface area contributed by atoms with Crippen molar-refractivity contribution in [2.24, 2.45) is 5.92 Å². The minimum atomic E-state index is -0.133. The van der Waals surface area contributed by atoms with E-state index < -0.39 is 0 Å². The first kappa shape index (κ1) is 13.6. The number of benzene rings is 1. The molecule has 0 bridgehead atoms. The predicted molar refractivity (Wildman–Crippen MR) is 70.2 cm³/mol. The van der Waals surface area contributed by atoms with Crippen molar-refractivity contribution in [3.8, 4) is 0 Å². The third-order valence-corrected chi connectivity index (χ3v) is 3.00. The highest BCUT2D eigenvalue weighted by molar-refractivity contribution is 5.73. The second-order valence-electron chi connectivity index (χ2n) is 4.34. The lowest BCUT2D eigenvalue weighted by Gasteiger charge is -2.23. The van der Waals surface area contributed by atoms with Crippen LogP contribution in [0.25, 0.3) is 0 Å². The van der Waals surface area contributed by atoms with Gasteiger partial charge >= 0.3 is 5.97 Å². The number of methoxy groups -OCH3 is 1. The maximum absolute atomic E-state index is 11.5. The Morgan fingerprint density at radius 1 is 1.35 bits per heavy atom. The molecule has 0 saturated heterocycles. The van der Waals surface area contributed by atoms with Crippen LogP contribution in [0.5, 0.6) is 0 Å². The van der Waals surface area contributed by atoms with Gasteiger partial charge in [0.25, 0.3) is 0 Å². The van der Waals surface area contributed by atoms with E-state index in [9.17, 15) is 4.79 Å². The molecule has 0 N–H and O–H groups in total. The zero-order valence-electron chi connectivity index (χ0n) is 11.1. The summed E-state index contributed by atoms with van der Waals surface area (Å²) in [7, 11) is 3.44. The fraction of sp³-hybridized carbons (Fsp3) is 0.500. The van der Waals surface area contributed by atoms with Crippen LogP contribution < -0.4 is 4.90 Å². The Balaban J connectivity index is 2.67. The molecule has 1 aromatic rings. The molecule has 0 heterocycles. The average molecular weight is 235 g/mol. The van der Waals surface area contributed by atoms with Gasteiger partial charge in [-0.25, -0.2) is 0 Å². The summed E-state index contributed by atoms with van der Waals surface area (Å²) in [5.74, 6) is -0.197. The predicted octanol–water partition coefficient (Wildman–Crippen LogP) is 2.63. The highest BCUT2D eigenvalue weighted by atomic mass is 16.5. The number of carbonyl (C=O) groups excluding carboxylic acids is 1. The van der Waals surface area contributed by atoms with Gasteiger partial charge in [0.1, 0.15) is 0 Å². The van der Waals surface area contributed by atoms with Crippen LogP contribution in [0, 0.1) is 12.8 Å². The smallest absolute Gasteiger partial charge is 0.310 e. The van der Waals surface area contributed by atoms with Crippen LogP contribution in [-0.2, 0) is 9.53 Å². The van der Waals surface area contributed by atoms with Gasteiger partial charge in [-0.2, -0.15) is 0 Å². The molecule has 0 saturated carbocycles. The van der Waals surface area contributed by atoms with Crippen molar-refractivity contribution >= 4 is 11.7 Å². The van der Waals surface area contributed by atoms with Crippen LogP contribution in [0.15, 0.2) is 24.3 Å². The van der Waals surface area contributed by atoms with E-state index in [-0.39, 0.29) is 11.9 Å². The minimum absolute atomic E-state index is 0.0636. The first-order valence-corrected chi connectivity index (χ1v) is 5.94. The molecule has 0 aromatic heterocycles. The second kappa shape index (κ2) is 6.28. The Kier molecular flexibility index (Phi) is 5.01. The maximum Gasteiger partial charge on any atom is 0.310 e. The van der Waals surface area contributed by atoms with Gasteiger partial charge in [0, 0.05) is 19.3 Å². The SMILES string of the molecule is CCC(CN(C)c1ccc(C)cc1)C(=O)OC. The van der Waals surface area contributed by atoms with Crippen LogP contribution in [-0.4, -0.2) is 26.7 Å². The van der Waals surface area contributed by atoms with Crippen molar-refractivity contribution in [2.75, 3.05) is 25.6 Å². The lowest BCUT2D eigenvalue weighted by molar-refractivity contribution is -0.145. The number of esters is 1. The Hall–Kier alpha value is -1.51. The lowest BCUT2D eigenvalue weighted by Crippen LogP contribution is -2.30. The zero-order chi connectivity index (χ0) is 12.8. The van der Waals surface area contributed by atoms with Crippen LogP contribution >= 0.6 is 0 Å². The summed E-state index contributed by atoms with van der Waals surface area (Å²) in [6, 6.07) is 8.29. The van der Waals surface area contributed by atoms with E-state index in [1.54, 1.807) is 0 Å². The monoisotopic (exact) mass is 235 g/mol. The Morgan fingerprint density at radius 2 is 1.94 bits per heavy atom. The average Bonchev–Trinajstić information content (AvgIpc) is 2.35. The highest BCUT2D eigenvalue weighted by Gasteiger charge is 2.18. The number of carbonyl (C=O) groups is 1. The van der Waals surface area contributed by atoms with Crippen molar-refractivity contribution in [1.29, 1.82) is 0 Å². The van der Waals surface area contributed by atoms with E-state index in [2.05, 4.69) is 36.1 Å². The molecule has 1 rings (SSSR count). The normalized spacial score (nSPS) is 12.0. The number of aryl methyl sites for hydroxylation is 1. The number of hydrogen-bond donors (Lipinski definition) is 0. The van der Waals surface area contributed by atoms with Crippen LogP contribution in [0.1, 0.15) is 18.9 Å². The highest BCUT2D eigenvalue weighted by Crippen LogP contribution is 2.16. The first-order chi connectivity index (χ1) is 8.08. The number of hydrogen-bond acceptors (Lipinski definition) is 3. The third kappa shape index (κ3) is 3.77. The largest absolute Gasteiger partial charge is 0.469 e. The van der Waals surface area contributed by atoms with Gasteiger partial charge in [0.15, 0.2) is 0 Å². The van der Waals surface area contributed by atoms with Gasteiger partial charge in [-0.3, -0.25) is 4.79 Å². The topological polar surface area (TPSA) is 29.5 Å². The summed E-state index contributed by atoms with van der Waals surface area (Å²) in [5.41, 5.74) is 2.36. The lowest BCUT2D eigenvalue weighted by atomic mass is 10.1. The van der Waals surface area contributed by atoms with Crippen molar-refractivity contribution < 1.29 is 9.53 Å². The number of anilines is 1. The second-order valence-corrected chi connectivity index (χ2v) is 4.34. The van der Waals surface area contributed by atoms with Gasteiger partial charge in [-0.05, 0) is 25.5 Å². The van der Waals surface area contributed by atoms with E-state index in [4.69, 9.17) is 4.74 Å². The Morgan fingerprint density at radius 3 is 2.41 bits per heavy atom. The molecule has 94 valence electrons. The third-order valence-electron chi connectivity index (χ3n) is 3.00. The van der Waals surface area contributed by atoms with Gasteiger partial charge in [0.2, 0.25) is 0 Å². The number of rotatable bonds is 5. The molecule has 3 heteroatoms. The molecule has 1 unspecified atom stereocenters. The molecular weight excluding hydrogens is 214 g/mol. The molecule has 17 heavy (non-hydrogen) atoms. The number of nitrogens with zero attached hydrogens (tertiary/aromatic N) is 1. The van der Waals surface area contributed by atoms with E-state index in [0.29, 0.717) is 6.54 Å². The van der Waals surface area contributed by atoms with Gasteiger partial charge in [-0.15, -0.1) is 0 Å². The Labute approximate surface area is 103 Å². The minimum Gasteiger partial charge on any atom is -0.469 e. The first-order valence-electron chi connectivity index (χ1n) is 5.94. The van der Waals surface area contributed by atoms with E-state index in [1.165, 1.54) is 12.7 Å². The summed E-state index contributed by atoms with van der Waals surface area (Å²) in [4.78, 5) is 13.6. The van der Waals surface area contributed by atoms with E-state index in [0.717, 1.165) is 12.1 Å². The molecule has 0 radical (unpaired) electrons. The number of ether oxygens (including phenoxy) is 1. The fourth-order valence-electron chi connectivity index (χ4n) is 1.77. The maximum atomic E-state index is 11.5. The Bertz CT molecular complexity index is 359. The van der Waals surface area contributed by atoms with Gasteiger partial charge < -0.3 is 9.64 Å². The standard InChI is InChI=1S/C14H21NO2/c1-5-12(14(16)17-4)10-15(3)13-8-6-11(2)7-9-13/h6-9,12H,5,10H2,1-4H3. The molecule has 0 spiro atoms. The molecule has 0 aliphatic rings. The molecule has 3 nitrogen and oxygen atoms in total. The molecule has 0 fully saturated rings. The van der Waals surface area contributed by atoms with Crippen molar-refractivity contribution in [3.63, 3.8) is 0 Å². The molecular formula is C14H21NO2. The summed E-state index contributed by atoms with van der Waals surface area (Å²) in [6.07, 6.45) is 0.795. The molecule has 0 amide bonds. The van der Waals surface area contributed by atoms with E-state index >= 15 is 0 Å². The van der Waals surface area contributed by atoms with Crippen molar-refractivity contribution in [1.82, 2.24) is 0 Å². The quantitative estimate of drug-likeness (QED) is 0.735. The fourth-order valence-corrected chi connectivity index (χ4v) is 1.77. The summed E-state index contributed by atoms with van der Waals surface area (Å²) < 4.78 is 4.79. The summed E-state index contributed by atoms with van der Waals surface area (Å²) in [5, 5.41) is 0. The van der Waals surface area contributed by atoms with Gasteiger partial charge in [0.05, 0.1) is 13.0 Å². The van der Waals surface area contributed by atoms with Crippen LogP contribution in [0.3, 0.4) is 0 Å². The van der Waals surface area contributed by atoms with Crippen LogP contribution in [0.4, 0.5) is 5.69 Å². The molecule has 1 atom stereocenters. The van der Waals surface area contributed by atoms with Crippen LogP contribution in [0.2, 0.25) is 0 Å².